The van der Waals surface area contributed by atoms with E-state index in [1.807, 2.05) is 6.92 Å². The predicted molar refractivity (Wildman–Crippen MR) is 63.6 cm³/mol. The Morgan fingerprint density at radius 1 is 1.56 bits per heavy atom. The lowest BCUT2D eigenvalue weighted by Crippen LogP contribution is -2.14. The maximum absolute atomic E-state index is 6.00. The molecule has 18 heavy (non-hydrogen) atoms. The van der Waals surface area contributed by atoms with Crippen LogP contribution in [0.1, 0.15) is 42.9 Å². The molecule has 0 aliphatic carbocycles. The molecular weight excluding hydrogens is 234 g/mol. The Morgan fingerprint density at radius 3 is 3.00 bits per heavy atom. The van der Waals surface area contributed by atoms with Gasteiger partial charge in [-0.25, -0.2) is 4.98 Å². The van der Waals surface area contributed by atoms with Crippen molar-refractivity contribution < 1.29 is 9.26 Å². The normalized spacial score (nSPS) is 14.6. The molecule has 0 bridgehead atoms. The van der Waals surface area contributed by atoms with Crippen LogP contribution in [0.25, 0.3) is 0 Å². The molecule has 7 nitrogen and oxygen atoms in total. The molecule has 0 fully saturated rings. The number of rotatable bonds is 6. The molecule has 0 amide bonds. The van der Waals surface area contributed by atoms with Crippen molar-refractivity contribution in [3.05, 3.63) is 29.9 Å². The smallest absolute Gasteiger partial charge is 0.244 e. The number of methoxy groups -OCH3 is 1. The van der Waals surface area contributed by atoms with Gasteiger partial charge >= 0.3 is 0 Å². The van der Waals surface area contributed by atoms with Crippen LogP contribution in [0.2, 0.25) is 0 Å². The molecular formula is C11H17N5O2. The fraction of sp³-hybridized carbons (Fsp3) is 0.545. The highest BCUT2D eigenvalue weighted by atomic mass is 16.5. The fourth-order valence-electron chi connectivity index (χ4n) is 1.70. The third-order valence-electron chi connectivity index (χ3n) is 2.71. The lowest BCUT2D eigenvalue weighted by Gasteiger charge is -2.06. The van der Waals surface area contributed by atoms with Crippen LogP contribution in [0, 0.1) is 0 Å². The molecule has 0 radical (unpaired) electrons. The summed E-state index contributed by atoms with van der Waals surface area (Å²) in [5.74, 6) is 0.949. The van der Waals surface area contributed by atoms with Gasteiger partial charge < -0.3 is 20.0 Å². The predicted octanol–water partition coefficient (Wildman–Crippen LogP) is 1.13. The van der Waals surface area contributed by atoms with E-state index >= 15 is 0 Å². The molecule has 98 valence electrons. The Balaban J connectivity index is 2.05. The summed E-state index contributed by atoms with van der Waals surface area (Å²) in [5.41, 5.74) is 6.93. The van der Waals surface area contributed by atoms with Crippen molar-refractivity contribution in [3.8, 4) is 0 Å². The molecule has 0 aliphatic rings. The van der Waals surface area contributed by atoms with Gasteiger partial charge in [-0.2, -0.15) is 4.98 Å². The highest BCUT2D eigenvalue weighted by molar-refractivity contribution is 5.02. The van der Waals surface area contributed by atoms with Gasteiger partial charge in [0.2, 0.25) is 11.7 Å². The number of imidazole rings is 1. The van der Waals surface area contributed by atoms with Gasteiger partial charge in [0.25, 0.3) is 0 Å². The summed E-state index contributed by atoms with van der Waals surface area (Å²) in [6, 6.07) is -0.346. The molecule has 0 aromatic carbocycles. The van der Waals surface area contributed by atoms with Gasteiger partial charge in [-0.15, -0.1) is 0 Å². The average Bonchev–Trinajstić information content (AvgIpc) is 3.01. The van der Waals surface area contributed by atoms with Gasteiger partial charge in [0, 0.05) is 25.4 Å². The maximum Gasteiger partial charge on any atom is 0.244 e. The maximum atomic E-state index is 6.00. The second kappa shape index (κ2) is 5.74. The second-order valence-electron chi connectivity index (χ2n) is 4.01. The minimum absolute atomic E-state index is 0.151. The Bertz CT molecular complexity index is 463. The minimum atomic E-state index is -0.346. The van der Waals surface area contributed by atoms with E-state index in [-0.39, 0.29) is 12.1 Å². The number of ether oxygens (including phenoxy) is 1. The van der Waals surface area contributed by atoms with Gasteiger partial charge in [0.15, 0.2) is 0 Å². The fourth-order valence-corrected chi connectivity index (χ4v) is 1.70. The number of aromatic nitrogens is 4. The van der Waals surface area contributed by atoms with E-state index in [1.165, 1.54) is 0 Å². The molecule has 2 heterocycles. The Kier molecular flexibility index (Phi) is 4.06. The van der Waals surface area contributed by atoms with Crippen molar-refractivity contribution in [3.63, 3.8) is 0 Å². The molecule has 3 N–H and O–H groups in total. The van der Waals surface area contributed by atoms with E-state index in [0.717, 1.165) is 12.1 Å². The van der Waals surface area contributed by atoms with Crippen molar-refractivity contribution in [1.29, 1.82) is 0 Å². The minimum Gasteiger partial charge on any atom is -0.373 e. The monoisotopic (exact) mass is 251 g/mol. The molecule has 2 rings (SSSR count). The van der Waals surface area contributed by atoms with Gasteiger partial charge in [-0.1, -0.05) is 12.1 Å². The van der Waals surface area contributed by atoms with Gasteiger partial charge in [0.05, 0.1) is 12.4 Å². The molecule has 0 saturated heterocycles. The summed E-state index contributed by atoms with van der Waals surface area (Å²) in [4.78, 5) is 11.2. The highest BCUT2D eigenvalue weighted by Crippen LogP contribution is 2.19. The topological polar surface area (TPSA) is 103 Å². The molecule has 2 aromatic heterocycles. The van der Waals surface area contributed by atoms with E-state index in [9.17, 15) is 0 Å². The zero-order valence-electron chi connectivity index (χ0n) is 10.5. The standard InChI is InChI=1S/C11H17N5O2/c1-3-9(17-2)10-15-11(18-16-10)8(12)4-7-5-13-6-14-7/h5-6,8-9H,3-4,12H2,1-2H3,(H,13,14)/t8-,9?/m1/s1. The largest absolute Gasteiger partial charge is 0.373 e. The molecule has 2 atom stereocenters. The van der Waals surface area contributed by atoms with E-state index in [4.69, 9.17) is 15.0 Å². The first kappa shape index (κ1) is 12.7. The summed E-state index contributed by atoms with van der Waals surface area (Å²) in [6.45, 7) is 1.99. The van der Waals surface area contributed by atoms with Crippen LogP contribution in [0.5, 0.6) is 0 Å². The first-order valence-electron chi connectivity index (χ1n) is 5.83. The lowest BCUT2D eigenvalue weighted by molar-refractivity contribution is 0.0903. The van der Waals surface area contributed by atoms with Crippen molar-refractivity contribution in [2.75, 3.05) is 7.11 Å². The van der Waals surface area contributed by atoms with E-state index < -0.39 is 0 Å². The Morgan fingerprint density at radius 2 is 2.39 bits per heavy atom. The van der Waals surface area contributed by atoms with E-state index in [2.05, 4.69) is 20.1 Å². The second-order valence-corrected chi connectivity index (χ2v) is 4.01. The summed E-state index contributed by atoms with van der Waals surface area (Å²) in [6.07, 6.45) is 4.54. The number of hydrogen-bond donors (Lipinski definition) is 2. The van der Waals surface area contributed by atoms with Crippen LogP contribution >= 0.6 is 0 Å². The lowest BCUT2D eigenvalue weighted by atomic mass is 10.2. The first-order chi connectivity index (χ1) is 8.74. The van der Waals surface area contributed by atoms with E-state index in [1.54, 1.807) is 19.6 Å². The summed E-state index contributed by atoms with van der Waals surface area (Å²) < 4.78 is 10.4. The van der Waals surface area contributed by atoms with Crippen molar-refractivity contribution in [1.82, 2.24) is 20.1 Å². The molecule has 2 aromatic rings. The van der Waals surface area contributed by atoms with Gasteiger partial charge in [0.1, 0.15) is 6.10 Å². The number of nitrogens with two attached hydrogens (primary N) is 1. The third kappa shape index (κ3) is 2.74. The number of H-pyrrole nitrogens is 1. The molecule has 1 unspecified atom stereocenters. The molecule has 7 heteroatoms. The van der Waals surface area contributed by atoms with Crippen molar-refractivity contribution in [2.45, 2.75) is 31.9 Å². The first-order valence-corrected chi connectivity index (χ1v) is 5.83. The van der Waals surface area contributed by atoms with Crippen molar-refractivity contribution in [2.24, 2.45) is 5.73 Å². The van der Waals surface area contributed by atoms with Crippen LogP contribution in [-0.2, 0) is 11.2 Å². The number of nitrogens with one attached hydrogen (secondary N) is 1. The Labute approximate surface area is 105 Å². The summed E-state index contributed by atoms with van der Waals surface area (Å²) in [7, 11) is 1.62. The number of hydrogen-bond acceptors (Lipinski definition) is 6. The molecule has 0 saturated carbocycles. The van der Waals surface area contributed by atoms with Gasteiger partial charge in [-0.3, -0.25) is 0 Å². The summed E-state index contributed by atoms with van der Waals surface area (Å²) in [5, 5.41) is 3.89. The zero-order chi connectivity index (χ0) is 13.0. The number of aromatic amines is 1. The quantitative estimate of drug-likeness (QED) is 0.797. The highest BCUT2D eigenvalue weighted by Gasteiger charge is 2.20. The summed E-state index contributed by atoms with van der Waals surface area (Å²) >= 11 is 0. The van der Waals surface area contributed by atoms with Crippen molar-refractivity contribution >= 4 is 0 Å². The zero-order valence-corrected chi connectivity index (χ0v) is 10.5. The SMILES string of the molecule is CCC(OC)c1noc([C@H](N)Cc2cnc[nH]2)n1. The molecule has 0 aliphatic heterocycles. The number of nitrogens with zero attached hydrogens (tertiary/aromatic N) is 3. The molecule has 0 spiro atoms. The van der Waals surface area contributed by atoms with Crippen LogP contribution in [0.3, 0.4) is 0 Å². The van der Waals surface area contributed by atoms with Crippen LogP contribution < -0.4 is 5.73 Å². The van der Waals surface area contributed by atoms with Gasteiger partial charge in [-0.05, 0) is 6.42 Å². The average molecular weight is 251 g/mol. The van der Waals surface area contributed by atoms with Crippen LogP contribution in [0.4, 0.5) is 0 Å². The Hall–Kier alpha value is -1.73. The van der Waals surface area contributed by atoms with Crippen LogP contribution in [-0.4, -0.2) is 27.2 Å². The third-order valence-corrected chi connectivity index (χ3v) is 2.71. The van der Waals surface area contributed by atoms with Crippen LogP contribution in [0.15, 0.2) is 17.0 Å². The van der Waals surface area contributed by atoms with E-state index in [0.29, 0.717) is 18.1 Å².